The van der Waals surface area contributed by atoms with Crippen molar-refractivity contribution in [1.82, 2.24) is 43.0 Å². The summed E-state index contributed by atoms with van der Waals surface area (Å²) in [5.41, 5.74) is 6.12. The molecule has 0 unspecified atom stereocenters. The van der Waals surface area contributed by atoms with Crippen molar-refractivity contribution < 1.29 is 98.2 Å². The van der Waals surface area contributed by atoms with Gasteiger partial charge in [0.1, 0.15) is 17.8 Å². The highest BCUT2D eigenvalue weighted by molar-refractivity contribution is 6.29. The van der Waals surface area contributed by atoms with E-state index in [1.165, 1.54) is 117 Å². The maximum Gasteiger partial charge on any atom is 0.417 e. The van der Waals surface area contributed by atoms with Crippen LogP contribution in [0.5, 0.6) is 0 Å². The number of imidazole rings is 3. The minimum Gasteiger partial charge on any atom is -0.322 e. The number of pyridine rings is 3. The van der Waals surface area contributed by atoms with Crippen molar-refractivity contribution in [2.24, 2.45) is 0 Å². The minimum atomic E-state index is -4.85. The Labute approximate surface area is 821 Å². The Balaban J connectivity index is 0.000000133. The molecule has 0 saturated carbocycles. The molecule has 0 radical (unpaired) electrons. The highest BCUT2D eigenvalue weighted by atomic mass is 35.5. The number of fused-ring (bicyclic) bond motifs is 4. The third-order valence-corrected chi connectivity index (χ3v) is 23.7. The zero-order chi connectivity index (χ0) is 104. The van der Waals surface area contributed by atoms with Gasteiger partial charge in [-0.05, 0) is 250 Å². The molecule has 732 valence electrons. The number of nitrogens with one attached hydrogen (secondary N) is 4. The summed E-state index contributed by atoms with van der Waals surface area (Å²) in [6.07, 6.45) is -8.63. The van der Waals surface area contributed by atoms with Crippen LogP contribution in [0.15, 0.2) is 328 Å². The van der Waals surface area contributed by atoms with Gasteiger partial charge in [0, 0.05) is 73.5 Å². The van der Waals surface area contributed by atoms with Gasteiger partial charge in [0.2, 0.25) is 5.28 Å². The van der Waals surface area contributed by atoms with Crippen LogP contribution in [-0.4, -0.2) is 66.6 Å². The van der Waals surface area contributed by atoms with Gasteiger partial charge in [-0.25, -0.2) is 63.5 Å². The van der Waals surface area contributed by atoms with Gasteiger partial charge in [0.25, 0.3) is 23.6 Å². The van der Waals surface area contributed by atoms with E-state index in [1.54, 1.807) is 114 Å². The van der Waals surface area contributed by atoms with Gasteiger partial charge < -0.3 is 21.3 Å². The molecule has 0 atom stereocenters. The first-order valence-corrected chi connectivity index (χ1v) is 44.3. The van der Waals surface area contributed by atoms with Crippen LogP contribution in [0.3, 0.4) is 0 Å². The second-order valence-corrected chi connectivity index (χ2v) is 33.5. The van der Waals surface area contributed by atoms with E-state index in [0.29, 0.717) is 73.1 Å². The zero-order valence-electron chi connectivity index (χ0n) is 76.0. The van der Waals surface area contributed by atoms with Crippen LogP contribution in [0.4, 0.5) is 102 Å². The first-order valence-electron chi connectivity index (χ1n) is 43.9. The first kappa shape index (κ1) is 99.8. The number of amides is 4. The molecule has 0 spiro atoms. The van der Waals surface area contributed by atoms with Crippen LogP contribution < -0.4 is 21.3 Å². The molecule has 0 aliphatic carbocycles. The Morgan fingerprint density at radius 1 is 0.315 bits per heavy atom. The van der Waals surface area contributed by atoms with Gasteiger partial charge >= 0.3 is 18.5 Å². The van der Waals surface area contributed by atoms with Crippen molar-refractivity contribution in [3.63, 3.8) is 0 Å². The third kappa shape index (κ3) is 21.0. The maximum absolute atomic E-state index is 14.5. The highest BCUT2D eigenvalue weighted by Gasteiger charge is 2.39. The van der Waals surface area contributed by atoms with E-state index >= 15 is 0 Å². The van der Waals surface area contributed by atoms with E-state index in [9.17, 15) is 98.2 Å². The molecule has 0 fully saturated rings. The largest absolute Gasteiger partial charge is 0.417 e. The molecule has 4 amide bonds. The van der Waals surface area contributed by atoms with Crippen molar-refractivity contribution >= 4 is 80.2 Å². The lowest BCUT2D eigenvalue weighted by molar-refractivity contribution is -0.138. The Morgan fingerprint density at radius 3 is 1.18 bits per heavy atom. The summed E-state index contributed by atoms with van der Waals surface area (Å²) >= 11 is 6.35. The zero-order valence-corrected chi connectivity index (χ0v) is 76.8. The molecule has 0 saturated heterocycles. The predicted octanol–water partition coefficient (Wildman–Crippen LogP) is 29.3. The molecular weight excluding hydrogens is 1940 g/mol. The molecule has 4 N–H and O–H groups in total. The lowest BCUT2D eigenvalue weighted by atomic mass is 10.00. The van der Waals surface area contributed by atoms with Gasteiger partial charge in [-0.15, -0.1) is 0 Å². The molecule has 8 heterocycles. The SMILES string of the molecule is Cc1ccc(NC(=O)c2cc(-c3cccc4c(-c5cccc(F)c5F)cnn34)ccc2C(F)(F)F)cc1.Cc1ccc(NC(=O)c2cc(-c3cccc4c(-c5cccc(F)c5F)ncn34)ccc2C(F)(F)F)cc1.Cc1ccc(NC(=O)c2cc(-c3ccnn4c(-c5cccc(F)c5F)cnc34)ccc2C)cc1.O=C(Nc1ccc(F)cc1)c1cc(-c2cccc3c(-c4cccc(F)c4F)nc(Cl)n23)ccc1C(F)(F)F. The van der Waals surface area contributed by atoms with Crippen molar-refractivity contribution in [2.45, 2.75) is 46.2 Å². The number of aromatic nitrogens is 9. The normalized spacial score (nSPS) is 11.5. The Hall–Kier alpha value is -17.8. The monoisotopic (exact) mass is 2010 g/mol. The van der Waals surface area contributed by atoms with E-state index < -0.39 is 122 Å². The number of anilines is 4. The number of carbonyl (C=O) groups is 4. The van der Waals surface area contributed by atoms with Crippen LogP contribution >= 0.6 is 11.6 Å². The average Bonchev–Trinajstić information content (AvgIpc) is 1.50. The molecule has 17 nitrogen and oxygen atoms in total. The van der Waals surface area contributed by atoms with Crippen LogP contribution in [0.1, 0.15) is 80.4 Å². The van der Waals surface area contributed by atoms with Crippen molar-refractivity contribution in [1.29, 1.82) is 0 Å². The number of hydrogen-bond acceptors (Lipinski definition) is 9. The van der Waals surface area contributed by atoms with E-state index in [1.807, 2.05) is 64.1 Å². The van der Waals surface area contributed by atoms with Crippen molar-refractivity contribution in [2.75, 3.05) is 21.3 Å². The molecule has 146 heavy (non-hydrogen) atoms. The van der Waals surface area contributed by atoms with Gasteiger partial charge in [-0.2, -0.15) is 49.7 Å². The van der Waals surface area contributed by atoms with E-state index in [2.05, 4.69) is 46.4 Å². The van der Waals surface area contributed by atoms with Crippen molar-refractivity contribution in [3.8, 4) is 89.8 Å². The molecule has 20 rings (SSSR count). The maximum atomic E-state index is 14.5. The number of carbonyl (C=O) groups excluding carboxylic acids is 4. The highest BCUT2D eigenvalue weighted by Crippen LogP contribution is 2.43. The smallest absolute Gasteiger partial charge is 0.322 e. The Bertz CT molecular complexity index is 8230. The van der Waals surface area contributed by atoms with Gasteiger partial charge in [-0.3, -0.25) is 28.0 Å². The van der Waals surface area contributed by atoms with Gasteiger partial charge in [-0.1, -0.05) is 132 Å². The molecule has 20 aromatic rings. The average molecular weight is 2020 g/mol. The number of nitrogens with zero attached hydrogens (tertiary/aromatic N) is 9. The summed E-state index contributed by atoms with van der Waals surface area (Å²) < 4.78 is 256. The van der Waals surface area contributed by atoms with Gasteiger partial charge in [0.05, 0.1) is 90.8 Å². The Morgan fingerprint density at radius 2 is 0.699 bits per heavy atom. The summed E-state index contributed by atoms with van der Waals surface area (Å²) in [7, 11) is 0. The number of halogens is 19. The van der Waals surface area contributed by atoms with Crippen LogP contribution in [-0.2, 0) is 18.5 Å². The fourth-order valence-corrected chi connectivity index (χ4v) is 16.5. The van der Waals surface area contributed by atoms with Crippen LogP contribution in [0, 0.1) is 80.0 Å². The third-order valence-electron chi connectivity index (χ3n) is 23.4. The molecule has 0 aliphatic heterocycles. The number of alkyl halides is 9. The van der Waals surface area contributed by atoms with Crippen LogP contribution in [0.25, 0.3) is 112 Å². The quantitative estimate of drug-likeness (QED) is 0.0680. The minimum absolute atomic E-state index is 0.00210. The molecule has 8 aromatic heterocycles. The van der Waals surface area contributed by atoms with Gasteiger partial charge in [0.15, 0.2) is 52.2 Å². The van der Waals surface area contributed by atoms with E-state index in [4.69, 9.17) is 11.6 Å². The molecule has 0 bridgehead atoms. The summed E-state index contributed by atoms with van der Waals surface area (Å²) in [6.45, 7) is 7.55. The number of benzene rings is 12. The summed E-state index contributed by atoms with van der Waals surface area (Å²) in [5.74, 6) is -12.0. The van der Waals surface area contributed by atoms with Crippen LogP contribution in [0.2, 0.25) is 5.28 Å². The summed E-state index contributed by atoms with van der Waals surface area (Å²) in [4.78, 5) is 64.7. The van der Waals surface area contributed by atoms with E-state index in [0.717, 1.165) is 107 Å². The number of rotatable bonds is 16. The lowest BCUT2D eigenvalue weighted by Gasteiger charge is -2.15. The Kier molecular flexibility index (Phi) is 28.1. The molecule has 12 aromatic carbocycles. The van der Waals surface area contributed by atoms with Crippen molar-refractivity contribution in [3.05, 3.63) is 447 Å². The summed E-state index contributed by atoms with van der Waals surface area (Å²) in [6, 6.07) is 71.6. The molecule has 36 heteroatoms. The number of hydrogen-bond donors (Lipinski definition) is 4. The fraction of sp³-hybridized carbons (Fsp3) is 0.0636. The second kappa shape index (κ2) is 41.1. The second-order valence-electron chi connectivity index (χ2n) is 33.1. The number of aryl methyl sites for hydroxylation is 4. The lowest BCUT2D eigenvalue weighted by Crippen LogP contribution is -2.19. The topological polar surface area (TPSA) is 198 Å². The fourth-order valence-electron chi connectivity index (χ4n) is 16.2. The van der Waals surface area contributed by atoms with E-state index in [-0.39, 0.29) is 72.9 Å². The summed E-state index contributed by atoms with van der Waals surface area (Å²) in [5, 5.41) is 18.7. The molecular formula is C110H70ClF18N13O4. The molecule has 0 aliphatic rings. The first-order chi connectivity index (χ1) is 69.7. The predicted molar refractivity (Wildman–Crippen MR) is 518 cm³/mol. The standard InChI is InChI=1S/2C28H18F5N3O.C27H14ClF6N3O.C27H20F2N4O/c1-16-8-11-18(12-9-16)35-27(37)20-14-17(10-13-22(20)28(31,32)33)24-6-3-7-25-21(15-34-36(24)25)19-4-2-5-23(29)26(19)30;1-16-8-11-18(12-9-16)35-27(37)20-14-17(10-13-21(20)28(31,32)33)23-6-3-7-24-26(34-15-36(23)24)19-4-2-5-22(29)25(19)30;28-26-36-24(17-3-1-4-20(30)23(17)31)22-6-2-5-21(37(22)26)14-7-12-19(27(32,33)34)18(13-14)25(38)35-16-10-8-15(29)9-11-16;1-16-6-10-19(11-7-16)32-27(34)22-14-18(9-8-17(22)2)20-12-13-31-33-24(15-30-26(20)33)21-4-3-5-23(28)25(21)29/h2*2-15H,1H3,(H,35,37);1-13H,(H,35,38);3-15H,1-2H3,(H,32,34).